The van der Waals surface area contributed by atoms with Crippen LogP contribution in [0.2, 0.25) is 0 Å². The summed E-state index contributed by atoms with van der Waals surface area (Å²) in [5, 5.41) is 0. The molecular weight excluding hydrogens is 628 g/mol. The van der Waals surface area contributed by atoms with Crippen molar-refractivity contribution in [2.45, 2.75) is 63.0 Å². The molecule has 2 saturated heterocycles. The molecule has 0 aliphatic carbocycles. The van der Waals surface area contributed by atoms with Gasteiger partial charge in [-0.25, -0.2) is 9.97 Å². The van der Waals surface area contributed by atoms with E-state index in [1.54, 1.807) is 0 Å². The molecule has 4 aromatic carbocycles. The summed E-state index contributed by atoms with van der Waals surface area (Å²) in [5.74, 6) is -0.461. The van der Waals surface area contributed by atoms with Gasteiger partial charge in [0, 0.05) is 11.8 Å². The van der Waals surface area contributed by atoms with Gasteiger partial charge in [0.1, 0.15) is 48.6 Å². The Labute approximate surface area is 291 Å². The van der Waals surface area contributed by atoms with Crippen LogP contribution in [-0.2, 0) is 42.6 Å². The number of fused-ring (bicyclic) bond motifs is 2. The molecule has 50 heavy (non-hydrogen) atoms. The van der Waals surface area contributed by atoms with E-state index in [9.17, 15) is 0 Å². The summed E-state index contributed by atoms with van der Waals surface area (Å²) in [4.78, 5) is 8.97. The zero-order chi connectivity index (χ0) is 34.1. The normalized spacial score (nSPS) is 21.4. The first-order valence-corrected chi connectivity index (χ1v) is 17.0. The minimum atomic E-state index is -0.913. The van der Waals surface area contributed by atoms with Crippen LogP contribution < -0.4 is 5.73 Å². The van der Waals surface area contributed by atoms with E-state index in [0.29, 0.717) is 23.5 Å². The lowest BCUT2D eigenvalue weighted by atomic mass is 9.80. The van der Waals surface area contributed by atoms with Crippen LogP contribution in [0.1, 0.15) is 47.8 Å². The third-order valence-corrected chi connectivity index (χ3v) is 9.51. The highest BCUT2D eigenvalue weighted by Crippen LogP contribution is 2.48. The molecule has 4 heterocycles. The lowest BCUT2D eigenvalue weighted by Gasteiger charge is -2.37. The van der Waals surface area contributed by atoms with E-state index in [1.165, 1.54) is 6.33 Å². The number of anilines is 1. The van der Waals surface area contributed by atoms with Crippen LogP contribution in [0.4, 0.5) is 5.82 Å². The first kappa shape index (κ1) is 32.3. The van der Waals surface area contributed by atoms with Crippen molar-refractivity contribution in [3.63, 3.8) is 0 Å². The Morgan fingerprint density at radius 2 is 1.32 bits per heavy atom. The Morgan fingerprint density at radius 3 is 1.92 bits per heavy atom. The van der Waals surface area contributed by atoms with Crippen molar-refractivity contribution in [2.75, 3.05) is 12.3 Å². The van der Waals surface area contributed by atoms with Crippen LogP contribution >= 0.6 is 0 Å². The zero-order valence-corrected chi connectivity index (χ0v) is 28.1. The van der Waals surface area contributed by atoms with Crippen molar-refractivity contribution in [1.82, 2.24) is 14.5 Å². The van der Waals surface area contributed by atoms with Gasteiger partial charge in [0.05, 0.1) is 18.7 Å². The number of ether oxygens (including phenoxy) is 5. The van der Waals surface area contributed by atoms with E-state index < -0.39 is 35.8 Å². The quantitative estimate of drug-likeness (QED) is 0.145. The van der Waals surface area contributed by atoms with Gasteiger partial charge in [-0.3, -0.25) is 0 Å². The highest BCUT2D eigenvalue weighted by molar-refractivity contribution is 5.88. The standard InChI is InChI=1S/C41H40N4O5/c1-40(2)49-37-33(25-47-41(29-17-9-4-10-18-29,30-19-11-5-12-20-30)31-21-13-6-14-22-31)48-36(38(37)50-40)32-23-45(35-34(32)43-26-44-39(35)42)27-46-24-28-15-7-3-8-16-28/h3-23,26,33,36-38H,24-25,27H2,1-2H3,(H2,42,43,44)/t33-,36+,37-,38+/m1/s1. The summed E-state index contributed by atoms with van der Waals surface area (Å²) < 4.78 is 35.3. The molecule has 4 atom stereocenters. The zero-order valence-electron chi connectivity index (χ0n) is 28.1. The van der Waals surface area contributed by atoms with Gasteiger partial charge in [0.2, 0.25) is 0 Å². The fourth-order valence-corrected chi connectivity index (χ4v) is 7.37. The second kappa shape index (κ2) is 13.4. The van der Waals surface area contributed by atoms with Gasteiger partial charge in [-0.1, -0.05) is 121 Å². The van der Waals surface area contributed by atoms with E-state index in [4.69, 9.17) is 29.4 Å². The molecule has 0 amide bonds. The molecule has 2 aliphatic rings. The number of benzene rings is 4. The van der Waals surface area contributed by atoms with Crippen LogP contribution in [0, 0.1) is 0 Å². The predicted octanol–water partition coefficient (Wildman–Crippen LogP) is 7.16. The molecule has 9 nitrogen and oxygen atoms in total. The van der Waals surface area contributed by atoms with E-state index >= 15 is 0 Å². The minimum Gasteiger partial charge on any atom is -0.382 e. The first-order valence-electron chi connectivity index (χ1n) is 17.0. The molecule has 0 unspecified atom stereocenters. The molecule has 2 aliphatic heterocycles. The fraction of sp³-hybridized carbons (Fsp3) is 0.268. The summed E-state index contributed by atoms with van der Waals surface area (Å²) >= 11 is 0. The predicted molar refractivity (Wildman–Crippen MR) is 190 cm³/mol. The van der Waals surface area contributed by atoms with Crippen molar-refractivity contribution in [2.24, 2.45) is 0 Å². The summed E-state index contributed by atoms with van der Waals surface area (Å²) in [6, 6.07) is 41.0. The molecule has 2 fully saturated rings. The summed E-state index contributed by atoms with van der Waals surface area (Å²) in [6.45, 7) is 4.80. The van der Waals surface area contributed by atoms with Gasteiger partial charge in [0.15, 0.2) is 11.6 Å². The molecular formula is C41H40N4O5. The average molecular weight is 669 g/mol. The lowest BCUT2D eigenvalue weighted by Crippen LogP contribution is -2.39. The number of nitrogens with two attached hydrogens (primary N) is 1. The Kier molecular flexibility index (Phi) is 8.68. The SMILES string of the molecule is CC1(C)O[C@@H]2[C@H](O1)[C@@H](COC(c1ccccc1)(c1ccccc1)c1ccccc1)O[C@H]2c1cn(COCc2ccccc2)c2c(N)ncnc12. The minimum absolute atomic E-state index is 0.228. The maximum Gasteiger partial charge on any atom is 0.164 e. The number of rotatable bonds is 11. The Bertz CT molecular complexity index is 1940. The average Bonchev–Trinajstić information content (AvgIpc) is 3.79. The van der Waals surface area contributed by atoms with E-state index in [-0.39, 0.29) is 13.3 Å². The van der Waals surface area contributed by atoms with Crippen molar-refractivity contribution >= 4 is 16.9 Å². The van der Waals surface area contributed by atoms with Gasteiger partial charge >= 0.3 is 0 Å². The molecule has 0 radical (unpaired) electrons. The smallest absolute Gasteiger partial charge is 0.164 e. The fourth-order valence-electron chi connectivity index (χ4n) is 7.37. The largest absolute Gasteiger partial charge is 0.382 e. The first-order chi connectivity index (χ1) is 24.4. The second-order valence-corrected chi connectivity index (χ2v) is 13.2. The lowest BCUT2D eigenvalue weighted by molar-refractivity contribution is -0.196. The summed E-state index contributed by atoms with van der Waals surface area (Å²) in [7, 11) is 0. The second-order valence-electron chi connectivity index (χ2n) is 13.2. The Hall–Kier alpha value is -4.90. The molecule has 0 bridgehead atoms. The topological polar surface area (TPSA) is 103 Å². The van der Waals surface area contributed by atoms with Crippen LogP contribution in [0.25, 0.3) is 11.0 Å². The van der Waals surface area contributed by atoms with Gasteiger partial charge in [-0.15, -0.1) is 0 Å². The highest BCUT2D eigenvalue weighted by atomic mass is 16.8. The maximum absolute atomic E-state index is 7.21. The molecule has 6 aromatic rings. The van der Waals surface area contributed by atoms with Gasteiger partial charge in [-0.2, -0.15) is 0 Å². The Balaban J connectivity index is 1.14. The molecule has 254 valence electrons. The summed E-state index contributed by atoms with van der Waals surface area (Å²) in [6.07, 6.45) is 1.67. The van der Waals surface area contributed by atoms with Crippen molar-refractivity contribution in [1.29, 1.82) is 0 Å². The third kappa shape index (κ3) is 5.97. The Morgan fingerprint density at radius 1 is 0.760 bits per heavy atom. The van der Waals surface area contributed by atoms with Crippen LogP contribution in [0.15, 0.2) is 134 Å². The van der Waals surface area contributed by atoms with Crippen LogP contribution in [0.5, 0.6) is 0 Å². The number of hydrogen-bond acceptors (Lipinski definition) is 8. The molecule has 2 N–H and O–H groups in total. The van der Waals surface area contributed by atoms with Crippen molar-refractivity contribution in [3.05, 3.63) is 162 Å². The van der Waals surface area contributed by atoms with E-state index in [1.807, 2.05) is 110 Å². The van der Waals surface area contributed by atoms with E-state index in [0.717, 1.165) is 27.8 Å². The van der Waals surface area contributed by atoms with Gasteiger partial charge in [0.25, 0.3) is 0 Å². The molecule has 2 aromatic heterocycles. The summed E-state index contributed by atoms with van der Waals surface area (Å²) in [5.41, 5.74) is 11.8. The number of nitrogen functional groups attached to an aromatic ring is 1. The number of aromatic nitrogens is 3. The maximum atomic E-state index is 7.21. The molecule has 0 spiro atoms. The molecule has 9 heteroatoms. The highest BCUT2D eigenvalue weighted by Gasteiger charge is 2.57. The number of nitrogens with zero attached hydrogens (tertiary/aromatic N) is 3. The van der Waals surface area contributed by atoms with Crippen molar-refractivity contribution < 1.29 is 23.7 Å². The van der Waals surface area contributed by atoms with Gasteiger partial charge < -0.3 is 34.0 Å². The van der Waals surface area contributed by atoms with Crippen LogP contribution in [-0.4, -0.2) is 45.2 Å². The van der Waals surface area contributed by atoms with Gasteiger partial charge in [-0.05, 0) is 36.1 Å². The van der Waals surface area contributed by atoms with Crippen LogP contribution in [0.3, 0.4) is 0 Å². The van der Waals surface area contributed by atoms with E-state index in [2.05, 4.69) is 46.4 Å². The van der Waals surface area contributed by atoms with Crippen molar-refractivity contribution in [3.8, 4) is 0 Å². The number of hydrogen-bond donors (Lipinski definition) is 1. The molecule has 8 rings (SSSR count). The monoisotopic (exact) mass is 668 g/mol. The molecule has 0 saturated carbocycles. The third-order valence-electron chi connectivity index (χ3n) is 9.51.